The second kappa shape index (κ2) is 9.42. The predicted molar refractivity (Wildman–Crippen MR) is 95.2 cm³/mol. The molecule has 0 spiro atoms. The molecule has 0 radical (unpaired) electrons. The highest BCUT2D eigenvalue weighted by molar-refractivity contribution is 5.83. The number of piperidine rings is 1. The standard InChI is InChI=1S/C19H28N2O4/c1-14(2)25-11-10-20-19(23)16-8-9-18(22)21(13-16)12-15-6-4-5-7-17(15)24-3/h4-7,14,16H,8-13H2,1-3H3,(H,20,23). The van der Waals surface area contributed by atoms with Gasteiger partial charge in [0.1, 0.15) is 5.75 Å². The predicted octanol–water partition coefficient (Wildman–Crippen LogP) is 1.97. The molecule has 1 unspecified atom stereocenters. The average Bonchev–Trinajstić information content (AvgIpc) is 2.60. The van der Waals surface area contributed by atoms with Gasteiger partial charge in [-0.1, -0.05) is 18.2 Å². The molecule has 1 aromatic carbocycles. The minimum atomic E-state index is -0.175. The van der Waals surface area contributed by atoms with Crippen LogP contribution in [0.5, 0.6) is 5.75 Å². The number of para-hydroxylation sites is 1. The van der Waals surface area contributed by atoms with Crippen molar-refractivity contribution >= 4 is 11.8 Å². The van der Waals surface area contributed by atoms with Gasteiger partial charge in [-0.15, -0.1) is 0 Å². The van der Waals surface area contributed by atoms with Gasteiger partial charge in [-0.2, -0.15) is 0 Å². The van der Waals surface area contributed by atoms with E-state index in [1.54, 1.807) is 12.0 Å². The molecule has 1 aliphatic heterocycles. The largest absolute Gasteiger partial charge is 0.496 e. The minimum Gasteiger partial charge on any atom is -0.496 e. The van der Waals surface area contributed by atoms with Crippen molar-refractivity contribution in [1.82, 2.24) is 10.2 Å². The Morgan fingerprint density at radius 1 is 1.36 bits per heavy atom. The lowest BCUT2D eigenvalue weighted by Gasteiger charge is -2.32. The number of hydrogen-bond donors (Lipinski definition) is 1. The first-order valence-electron chi connectivity index (χ1n) is 8.80. The number of methoxy groups -OCH3 is 1. The fraction of sp³-hybridized carbons (Fsp3) is 0.579. The molecule has 1 saturated heterocycles. The molecule has 0 bridgehead atoms. The molecule has 25 heavy (non-hydrogen) atoms. The van der Waals surface area contributed by atoms with Crippen LogP contribution in [0.15, 0.2) is 24.3 Å². The number of benzene rings is 1. The van der Waals surface area contributed by atoms with Gasteiger partial charge >= 0.3 is 0 Å². The van der Waals surface area contributed by atoms with Crippen molar-refractivity contribution in [3.8, 4) is 5.75 Å². The van der Waals surface area contributed by atoms with Gasteiger partial charge in [-0.3, -0.25) is 9.59 Å². The van der Waals surface area contributed by atoms with E-state index in [4.69, 9.17) is 9.47 Å². The molecule has 0 saturated carbocycles. The Labute approximate surface area is 149 Å². The highest BCUT2D eigenvalue weighted by atomic mass is 16.5. The molecule has 6 heteroatoms. The van der Waals surface area contributed by atoms with E-state index in [1.165, 1.54) is 0 Å². The summed E-state index contributed by atoms with van der Waals surface area (Å²) in [6, 6.07) is 7.64. The van der Waals surface area contributed by atoms with Gasteiger partial charge in [0, 0.05) is 31.6 Å². The van der Waals surface area contributed by atoms with Gasteiger partial charge in [0.2, 0.25) is 11.8 Å². The van der Waals surface area contributed by atoms with E-state index in [0.29, 0.717) is 39.1 Å². The Morgan fingerprint density at radius 3 is 2.84 bits per heavy atom. The lowest BCUT2D eigenvalue weighted by atomic mass is 9.96. The van der Waals surface area contributed by atoms with Crippen LogP contribution in [0.1, 0.15) is 32.3 Å². The van der Waals surface area contributed by atoms with Crippen LogP contribution in [0.2, 0.25) is 0 Å². The number of rotatable bonds is 8. The van der Waals surface area contributed by atoms with E-state index in [9.17, 15) is 9.59 Å². The maximum Gasteiger partial charge on any atom is 0.224 e. The summed E-state index contributed by atoms with van der Waals surface area (Å²) in [5.74, 6) is 0.655. The number of ether oxygens (including phenoxy) is 2. The molecular weight excluding hydrogens is 320 g/mol. The van der Waals surface area contributed by atoms with Crippen molar-refractivity contribution in [3.63, 3.8) is 0 Å². The topological polar surface area (TPSA) is 67.9 Å². The summed E-state index contributed by atoms with van der Waals surface area (Å²) in [5, 5.41) is 2.90. The summed E-state index contributed by atoms with van der Waals surface area (Å²) in [5.41, 5.74) is 0.949. The van der Waals surface area contributed by atoms with Gasteiger partial charge in [0.25, 0.3) is 0 Å². The fourth-order valence-corrected chi connectivity index (χ4v) is 2.93. The smallest absolute Gasteiger partial charge is 0.224 e. The number of carbonyl (C=O) groups is 2. The average molecular weight is 348 g/mol. The van der Waals surface area contributed by atoms with Gasteiger partial charge in [0.15, 0.2) is 0 Å². The van der Waals surface area contributed by atoms with Gasteiger partial charge in [-0.25, -0.2) is 0 Å². The molecule has 138 valence electrons. The number of hydrogen-bond acceptors (Lipinski definition) is 4. The van der Waals surface area contributed by atoms with Crippen molar-refractivity contribution in [2.75, 3.05) is 26.8 Å². The summed E-state index contributed by atoms with van der Waals surface area (Å²) in [4.78, 5) is 26.3. The summed E-state index contributed by atoms with van der Waals surface area (Å²) in [6.45, 7) is 5.82. The van der Waals surface area contributed by atoms with E-state index in [0.717, 1.165) is 11.3 Å². The molecule has 1 atom stereocenters. The number of nitrogens with one attached hydrogen (secondary N) is 1. The summed E-state index contributed by atoms with van der Waals surface area (Å²) in [7, 11) is 1.62. The number of likely N-dealkylation sites (tertiary alicyclic amines) is 1. The SMILES string of the molecule is COc1ccccc1CN1CC(C(=O)NCCOC(C)C)CCC1=O. The quantitative estimate of drug-likeness (QED) is 0.730. The maximum absolute atomic E-state index is 12.3. The third-order valence-electron chi connectivity index (χ3n) is 4.28. The summed E-state index contributed by atoms with van der Waals surface area (Å²) >= 11 is 0. The number of carbonyl (C=O) groups excluding carboxylic acids is 2. The highest BCUT2D eigenvalue weighted by Gasteiger charge is 2.30. The molecule has 1 heterocycles. The second-order valence-corrected chi connectivity index (χ2v) is 6.53. The normalized spacial score (nSPS) is 17.7. The molecule has 1 N–H and O–H groups in total. The summed E-state index contributed by atoms with van der Waals surface area (Å²) < 4.78 is 10.8. The van der Waals surface area contributed by atoms with Crippen molar-refractivity contribution in [3.05, 3.63) is 29.8 Å². The molecule has 1 fully saturated rings. The van der Waals surface area contributed by atoms with Crippen molar-refractivity contribution in [2.45, 2.75) is 39.3 Å². The van der Waals surface area contributed by atoms with Crippen LogP contribution in [0.4, 0.5) is 0 Å². The van der Waals surface area contributed by atoms with Crippen LogP contribution in [0.25, 0.3) is 0 Å². The first kappa shape index (κ1) is 19.2. The first-order chi connectivity index (χ1) is 12.0. The van der Waals surface area contributed by atoms with E-state index in [2.05, 4.69) is 5.32 Å². The van der Waals surface area contributed by atoms with Crippen LogP contribution in [0, 0.1) is 5.92 Å². The van der Waals surface area contributed by atoms with Crippen LogP contribution < -0.4 is 10.1 Å². The zero-order chi connectivity index (χ0) is 18.2. The Morgan fingerprint density at radius 2 is 2.12 bits per heavy atom. The number of amides is 2. The molecule has 0 aliphatic carbocycles. The van der Waals surface area contributed by atoms with E-state index >= 15 is 0 Å². The van der Waals surface area contributed by atoms with E-state index in [-0.39, 0.29) is 23.8 Å². The Balaban J connectivity index is 1.90. The molecule has 0 aromatic heterocycles. The van der Waals surface area contributed by atoms with Gasteiger partial charge < -0.3 is 19.7 Å². The third-order valence-corrected chi connectivity index (χ3v) is 4.28. The van der Waals surface area contributed by atoms with Crippen LogP contribution in [-0.4, -0.2) is 49.6 Å². The minimum absolute atomic E-state index is 0.00937. The molecule has 1 aromatic rings. The Hall–Kier alpha value is -2.08. The van der Waals surface area contributed by atoms with Crippen molar-refractivity contribution < 1.29 is 19.1 Å². The van der Waals surface area contributed by atoms with E-state index < -0.39 is 0 Å². The van der Waals surface area contributed by atoms with Crippen LogP contribution >= 0.6 is 0 Å². The Bertz CT molecular complexity index is 589. The zero-order valence-electron chi connectivity index (χ0n) is 15.3. The lowest BCUT2D eigenvalue weighted by molar-refractivity contribution is -0.139. The van der Waals surface area contributed by atoms with Gasteiger partial charge in [-0.05, 0) is 26.3 Å². The molecule has 2 rings (SSSR count). The second-order valence-electron chi connectivity index (χ2n) is 6.53. The molecule has 6 nitrogen and oxygen atoms in total. The van der Waals surface area contributed by atoms with Crippen LogP contribution in [0.3, 0.4) is 0 Å². The molecular formula is C19H28N2O4. The van der Waals surface area contributed by atoms with Gasteiger partial charge in [0.05, 0.1) is 25.7 Å². The third kappa shape index (κ3) is 5.74. The van der Waals surface area contributed by atoms with Crippen molar-refractivity contribution in [2.24, 2.45) is 5.92 Å². The fourth-order valence-electron chi connectivity index (χ4n) is 2.93. The first-order valence-corrected chi connectivity index (χ1v) is 8.80. The molecule has 2 amide bonds. The molecule has 1 aliphatic rings. The van der Waals surface area contributed by atoms with Crippen LogP contribution in [-0.2, 0) is 20.9 Å². The maximum atomic E-state index is 12.3. The highest BCUT2D eigenvalue weighted by Crippen LogP contribution is 2.24. The zero-order valence-corrected chi connectivity index (χ0v) is 15.3. The summed E-state index contributed by atoms with van der Waals surface area (Å²) in [6.07, 6.45) is 1.15. The van der Waals surface area contributed by atoms with E-state index in [1.807, 2.05) is 38.1 Å². The lowest BCUT2D eigenvalue weighted by Crippen LogP contribution is -2.45. The monoisotopic (exact) mass is 348 g/mol. The number of nitrogens with zero attached hydrogens (tertiary/aromatic N) is 1. The van der Waals surface area contributed by atoms with Crippen molar-refractivity contribution in [1.29, 1.82) is 0 Å². The Kier molecular flexibility index (Phi) is 7.25.